The molecule has 1 aliphatic rings. The van der Waals surface area contributed by atoms with Crippen molar-refractivity contribution in [2.24, 2.45) is 0 Å². The Balaban J connectivity index is 2.28. The van der Waals surface area contributed by atoms with Gasteiger partial charge in [-0.25, -0.2) is 4.98 Å². The Labute approximate surface area is 99.8 Å². The second kappa shape index (κ2) is 4.95. The van der Waals surface area contributed by atoms with Crippen LogP contribution in [0.4, 0.5) is 0 Å². The molecule has 1 saturated carbocycles. The maximum Gasteiger partial charge on any atom is 0.319 e. The lowest BCUT2D eigenvalue weighted by Gasteiger charge is -2.32. The Hall–Kier alpha value is -0.900. The topological polar surface area (TPSA) is 39.2 Å². The standard InChI is InChI=1S/C12H17NO2S/c1-2-15-11(14)12(6-4-3-5-7-12)10-13-8-9-16-10/h8-9H,2-7H2,1H3. The van der Waals surface area contributed by atoms with Crippen molar-refractivity contribution in [2.75, 3.05) is 6.61 Å². The molecule has 88 valence electrons. The van der Waals surface area contributed by atoms with E-state index in [-0.39, 0.29) is 5.97 Å². The maximum atomic E-state index is 12.2. The number of esters is 1. The normalized spacial score (nSPS) is 19.3. The molecule has 1 fully saturated rings. The van der Waals surface area contributed by atoms with E-state index in [0.29, 0.717) is 6.61 Å². The molecule has 0 spiro atoms. The van der Waals surface area contributed by atoms with E-state index in [2.05, 4.69) is 4.98 Å². The Morgan fingerprint density at radius 3 is 2.81 bits per heavy atom. The second-order valence-electron chi connectivity index (χ2n) is 4.20. The molecule has 0 unspecified atom stereocenters. The maximum absolute atomic E-state index is 12.2. The van der Waals surface area contributed by atoms with Crippen molar-refractivity contribution in [1.82, 2.24) is 4.98 Å². The average Bonchev–Trinajstić information content (AvgIpc) is 2.84. The third kappa shape index (κ3) is 1.98. The van der Waals surface area contributed by atoms with Crippen LogP contribution in [0.1, 0.15) is 44.0 Å². The molecule has 16 heavy (non-hydrogen) atoms. The highest BCUT2D eigenvalue weighted by Gasteiger charge is 2.44. The Morgan fingerprint density at radius 1 is 1.50 bits per heavy atom. The fraction of sp³-hybridized carbons (Fsp3) is 0.667. The zero-order chi connectivity index (χ0) is 11.4. The van der Waals surface area contributed by atoms with Gasteiger partial charge >= 0.3 is 5.97 Å². The molecule has 0 aromatic carbocycles. The molecule has 0 N–H and O–H groups in total. The minimum absolute atomic E-state index is 0.0790. The number of thiazole rings is 1. The Morgan fingerprint density at radius 2 is 2.25 bits per heavy atom. The predicted octanol–water partition coefficient (Wildman–Crippen LogP) is 2.91. The van der Waals surface area contributed by atoms with Crippen LogP contribution in [0, 0.1) is 0 Å². The lowest BCUT2D eigenvalue weighted by molar-refractivity contribution is -0.151. The predicted molar refractivity (Wildman–Crippen MR) is 63.5 cm³/mol. The number of carbonyl (C=O) groups is 1. The van der Waals surface area contributed by atoms with Crippen molar-refractivity contribution < 1.29 is 9.53 Å². The summed E-state index contributed by atoms with van der Waals surface area (Å²) < 4.78 is 5.24. The summed E-state index contributed by atoms with van der Waals surface area (Å²) in [6.07, 6.45) is 6.96. The lowest BCUT2D eigenvalue weighted by Crippen LogP contribution is -2.39. The highest BCUT2D eigenvalue weighted by Crippen LogP contribution is 2.41. The van der Waals surface area contributed by atoms with Crippen LogP contribution in [-0.4, -0.2) is 17.6 Å². The largest absolute Gasteiger partial charge is 0.465 e. The molecule has 0 atom stereocenters. The first-order chi connectivity index (χ1) is 7.79. The fourth-order valence-corrected chi connectivity index (χ4v) is 3.28. The summed E-state index contributed by atoms with van der Waals surface area (Å²) in [5, 5.41) is 2.87. The summed E-state index contributed by atoms with van der Waals surface area (Å²) in [6.45, 7) is 2.31. The van der Waals surface area contributed by atoms with Gasteiger partial charge in [0.05, 0.1) is 6.61 Å². The minimum atomic E-state index is -0.442. The van der Waals surface area contributed by atoms with E-state index in [4.69, 9.17) is 4.74 Å². The molecule has 0 saturated heterocycles. The summed E-state index contributed by atoms with van der Waals surface area (Å²) in [5.74, 6) is -0.0790. The molecule has 0 amide bonds. The smallest absolute Gasteiger partial charge is 0.319 e. The molecule has 0 aliphatic heterocycles. The summed E-state index contributed by atoms with van der Waals surface area (Å²) >= 11 is 1.57. The van der Waals surface area contributed by atoms with Crippen LogP contribution in [0.5, 0.6) is 0 Å². The van der Waals surface area contributed by atoms with Crippen molar-refractivity contribution in [3.8, 4) is 0 Å². The molecular weight excluding hydrogens is 222 g/mol. The van der Waals surface area contributed by atoms with Crippen LogP contribution in [0.2, 0.25) is 0 Å². The third-order valence-corrected chi connectivity index (χ3v) is 4.19. The average molecular weight is 239 g/mol. The number of ether oxygens (including phenoxy) is 1. The van der Waals surface area contributed by atoms with Crippen molar-refractivity contribution in [1.29, 1.82) is 0 Å². The molecule has 3 nitrogen and oxygen atoms in total. The van der Waals surface area contributed by atoms with E-state index < -0.39 is 5.41 Å². The number of rotatable bonds is 3. The molecule has 1 aromatic rings. The van der Waals surface area contributed by atoms with E-state index >= 15 is 0 Å². The van der Waals surface area contributed by atoms with Crippen LogP contribution in [0.15, 0.2) is 11.6 Å². The first kappa shape index (κ1) is 11.6. The monoisotopic (exact) mass is 239 g/mol. The number of hydrogen-bond acceptors (Lipinski definition) is 4. The summed E-state index contributed by atoms with van der Waals surface area (Å²) in [5.41, 5.74) is -0.442. The Kier molecular flexibility index (Phi) is 3.59. The van der Waals surface area contributed by atoms with E-state index in [1.165, 1.54) is 6.42 Å². The first-order valence-electron chi connectivity index (χ1n) is 5.87. The molecule has 1 aromatic heterocycles. The number of hydrogen-bond donors (Lipinski definition) is 0. The molecule has 2 rings (SSSR count). The number of nitrogens with zero attached hydrogens (tertiary/aromatic N) is 1. The van der Waals surface area contributed by atoms with Crippen molar-refractivity contribution in [2.45, 2.75) is 44.4 Å². The second-order valence-corrected chi connectivity index (χ2v) is 5.10. The molecule has 4 heteroatoms. The van der Waals surface area contributed by atoms with E-state index in [9.17, 15) is 4.79 Å². The van der Waals surface area contributed by atoms with Crippen molar-refractivity contribution in [3.63, 3.8) is 0 Å². The fourth-order valence-electron chi connectivity index (χ4n) is 2.39. The highest BCUT2D eigenvalue weighted by molar-refractivity contribution is 7.09. The minimum Gasteiger partial charge on any atom is -0.465 e. The van der Waals surface area contributed by atoms with Crippen LogP contribution in [-0.2, 0) is 14.9 Å². The van der Waals surface area contributed by atoms with Gasteiger partial charge in [-0.3, -0.25) is 4.79 Å². The number of aromatic nitrogens is 1. The summed E-state index contributed by atoms with van der Waals surface area (Å²) in [4.78, 5) is 16.5. The van der Waals surface area contributed by atoms with E-state index in [1.54, 1.807) is 17.5 Å². The van der Waals surface area contributed by atoms with Gasteiger partial charge in [0.1, 0.15) is 10.4 Å². The van der Waals surface area contributed by atoms with Gasteiger partial charge in [-0.15, -0.1) is 11.3 Å². The van der Waals surface area contributed by atoms with Crippen molar-refractivity contribution in [3.05, 3.63) is 16.6 Å². The quantitative estimate of drug-likeness (QED) is 0.761. The van der Waals surface area contributed by atoms with Gasteiger partial charge in [0.2, 0.25) is 0 Å². The van der Waals surface area contributed by atoms with Gasteiger partial charge in [0.15, 0.2) is 0 Å². The van der Waals surface area contributed by atoms with Gasteiger partial charge in [0, 0.05) is 11.6 Å². The van der Waals surface area contributed by atoms with Gasteiger partial charge in [-0.2, -0.15) is 0 Å². The summed E-state index contributed by atoms with van der Waals surface area (Å²) in [7, 11) is 0. The van der Waals surface area contributed by atoms with Crippen LogP contribution < -0.4 is 0 Å². The van der Waals surface area contributed by atoms with E-state index in [0.717, 1.165) is 30.7 Å². The zero-order valence-electron chi connectivity index (χ0n) is 9.57. The van der Waals surface area contributed by atoms with Crippen LogP contribution in [0.3, 0.4) is 0 Å². The zero-order valence-corrected chi connectivity index (χ0v) is 10.4. The van der Waals surface area contributed by atoms with Gasteiger partial charge in [-0.05, 0) is 19.8 Å². The molecule has 1 aliphatic carbocycles. The molecule has 0 bridgehead atoms. The Bertz CT molecular complexity index is 342. The van der Waals surface area contributed by atoms with E-state index in [1.807, 2.05) is 12.3 Å². The molecular formula is C12H17NO2S. The van der Waals surface area contributed by atoms with Gasteiger partial charge in [-0.1, -0.05) is 19.3 Å². The van der Waals surface area contributed by atoms with Crippen LogP contribution >= 0.6 is 11.3 Å². The third-order valence-electron chi connectivity index (χ3n) is 3.21. The summed E-state index contributed by atoms with van der Waals surface area (Å²) in [6, 6.07) is 0. The first-order valence-corrected chi connectivity index (χ1v) is 6.75. The van der Waals surface area contributed by atoms with Gasteiger partial charge in [0.25, 0.3) is 0 Å². The van der Waals surface area contributed by atoms with Gasteiger partial charge < -0.3 is 4.74 Å². The molecule has 1 heterocycles. The molecule has 0 radical (unpaired) electrons. The highest BCUT2D eigenvalue weighted by atomic mass is 32.1. The van der Waals surface area contributed by atoms with Crippen LogP contribution in [0.25, 0.3) is 0 Å². The SMILES string of the molecule is CCOC(=O)C1(c2nccs2)CCCCC1. The number of carbonyl (C=O) groups excluding carboxylic acids is 1. The lowest BCUT2D eigenvalue weighted by atomic mass is 9.74. The van der Waals surface area contributed by atoms with Crippen molar-refractivity contribution >= 4 is 17.3 Å².